The van der Waals surface area contributed by atoms with E-state index in [9.17, 15) is 13.2 Å². The van der Waals surface area contributed by atoms with Crippen LogP contribution in [0.2, 0.25) is 0 Å². The summed E-state index contributed by atoms with van der Waals surface area (Å²) >= 11 is 0. The van der Waals surface area contributed by atoms with E-state index in [1.807, 2.05) is 18.2 Å². The molecule has 2 aromatic rings. The van der Waals surface area contributed by atoms with Crippen molar-refractivity contribution in [3.8, 4) is 0 Å². The number of nitrogens with zero attached hydrogens (tertiary/aromatic N) is 1. The molecule has 3 aliphatic rings. The van der Waals surface area contributed by atoms with Crippen molar-refractivity contribution in [3.63, 3.8) is 0 Å². The van der Waals surface area contributed by atoms with E-state index in [4.69, 9.17) is 0 Å². The third-order valence-corrected chi connectivity index (χ3v) is 9.36. The Hall–Kier alpha value is -2.18. The fourth-order valence-electron chi connectivity index (χ4n) is 5.57. The first-order chi connectivity index (χ1) is 15.5. The lowest BCUT2D eigenvalue weighted by Gasteiger charge is -2.33. The highest BCUT2D eigenvalue weighted by atomic mass is 32.2. The second kappa shape index (κ2) is 8.99. The fraction of sp³-hybridized carbons (Fsp3) is 0.500. The number of hydrogen-bond acceptors (Lipinski definition) is 3. The van der Waals surface area contributed by atoms with Crippen LogP contribution in [0.5, 0.6) is 0 Å². The molecule has 0 aromatic heterocycles. The summed E-state index contributed by atoms with van der Waals surface area (Å²) in [6.45, 7) is 0.803. The number of carbonyl (C=O) groups excluding carboxylic acids is 1. The van der Waals surface area contributed by atoms with Crippen LogP contribution in [0.1, 0.15) is 66.8 Å². The summed E-state index contributed by atoms with van der Waals surface area (Å²) in [5.41, 5.74) is 5.03. The van der Waals surface area contributed by atoms with Crippen LogP contribution in [-0.2, 0) is 34.1 Å². The van der Waals surface area contributed by atoms with Gasteiger partial charge in [0.1, 0.15) is 0 Å². The summed E-state index contributed by atoms with van der Waals surface area (Å²) in [5.74, 6) is -0.0587. The Bertz CT molecular complexity index is 1100. The molecule has 32 heavy (non-hydrogen) atoms. The molecule has 170 valence electrons. The Balaban J connectivity index is 1.22. The Kier molecular flexibility index (Phi) is 6.08. The Morgan fingerprint density at radius 3 is 2.38 bits per heavy atom. The minimum absolute atomic E-state index is 0.0672. The monoisotopic (exact) mass is 452 g/mol. The number of nitrogens with one attached hydrogen (secondary N) is 1. The number of fused-ring (bicyclic) bond motifs is 2. The fourth-order valence-corrected chi connectivity index (χ4v) is 7.09. The van der Waals surface area contributed by atoms with E-state index < -0.39 is 10.0 Å². The van der Waals surface area contributed by atoms with Gasteiger partial charge in [-0.1, -0.05) is 30.3 Å². The van der Waals surface area contributed by atoms with Crippen LogP contribution in [0.3, 0.4) is 0 Å². The van der Waals surface area contributed by atoms with Gasteiger partial charge in [-0.15, -0.1) is 0 Å². The van der Waals surface area contributed by atoms with Crippen LogP contribution < -0.4 is 5.32 Å². The molecule has 0 bridgehead atoms. The highest BCUT2D eigenvalue weighted by Crippen LogP contribution is 2.31. The van der Waals surface area contributed by atoms with Crippen LogP contribution in [0, 0.1) is 5.92 Å². The number of sulfonamides is 1. The van der Waals surface area contributed by atoms with Gasteiger partial charge in [-0.25, -0.2) is 8.42 Å². The third kappa shape index (κ3) is 4.23. The first-order valence-electron chi connectivity index (χ1n) is 12.0. The summed E-state index contributed by atoms with van der Waals surface area (Å²) in [6, 6.07) is 14.1. The number of benzene rings is 2. The van der Waals surface area contributed by atoms with Gasteiger partial charge in [-0.3, -0.25) is 4.79 Å². The molecule has 1 N–H and O–H groups in total. The predicted molar refractivity (Wildman–Crippen MR) is 125 cm³/mol. The molecular weight excluding hydrogens is 420 g/mol. The van der Waals surface area contributed by atoms with Crippen LogP contribution in [-0.4, -0.2) is 31.7 Å². The smallest absolute Gasteiger partial charge is 0.243 e. The van der Waals surface area contributed by atoms with Crippen LogP contribution in [0.15, 0.2) is 47.4 Å². The summed E-state index contributed by atoms with van der Waals surface area (Å²) in [7, 11) is -3.51. The van der Waals surface area contributed by atoms with E-state index in [2.05, 4.69) is 23.5 Å². The Morgan fingerprint density at radius 1 is 0.844 bits per heavy atom. The minimum atomic E-state index is -3.51. The molecule has 1 atom stereocenters. The number of hydrogen-bond donors (Lipinski definition) is 1. The molecule has 0 spiro atoms. The van der Waals surface area contributed by atoms with Crippen molar-refractivity contribution < 1.29 is 13.2 Å². The normalized spacial score (nSPS) is 22.1. The molecular formula is C26H32N2O3S. The van der Waals surface area contributed by atoms with Crippen molar-refractivity contribution in [2.45, 2.75) is 68.7 Å². The van der Waals surface area contributed by atoms with Crippen molar-refractivity contribution in [1.29, 1.82) is 0 Å². The molecule has 1 saturated heterocycles. The van der Waals surface area contributed by atoms with Crippen molar-refractivity contribution in [2.24, 2.45) is 5.92 Å². The number of piperidine rings is 1. The lowest BCUT2D eigenvalue weighted by atomic mass is 9.87. The maximum absolute atomic E-state index is 13.2. The standard InChI is InChI=1S/C26H32N2O3S/c29-26(27-25-11-5-9-20-7-3-4-10-24(20)25)21-14-16-28(17-15-21)32(30,31)23-13-12-19-6-1-2-8-22(19)18-23/h3-4,7,10,12-13,18,21,25H,1-2,5-6,8-9,11,14-17H2,(H,27,29). The molecule has 2 aromatic carbocycles. The first kappa shape index (κ1) is 21.7. The molecule has 5 nitrogen and oxygen atoms in total. The van der Waals surface area contributed by atoms with E-state index in [-0.39, 0.29) is 17.9 Å². The Morgan fingerprint density at radius 2 is 1.56 bits per heavy atom. The molecule has 1 fully saturated rings. The van der Waals surface area contributed by atoms with Gasteiger partial charge in [0, 0.05) is 19.0 Å². The lowest BCUT2D eigenvalue weighted by molar-refractivity contribution is -0.127. The minimum Gasteiger partial charge on any atom is -0.349 e. The van der Waals surface area contributed by atoms with Gasteiger partial charge in [0.15, 0.2) is 0 Å². The molecule has 6 heteroatoms. The molecule has 2 aliphatic carbocycles. The molecule has 0 radical (unpaired) electrons. The van der Waals surface area contributed by atoms with Gasteiger partial charge in [0.2, 0.25) is 15.9 Å². The first-order valence-corrected chi connectivity index (χ1v) is 13.5. The SMILES string of the molecule is O=C(NC1CCCc2ccccc21)C1CCN(S(=O)(=O)c2ccc3c(c2)CCCC3)CC1. The molecule has 0 saturated carbocycles. The van der Waals surface area contributed by atoms with Crippen molar-refractivity contribution >= 4 is 15.9 Å². The largest absolute Gasteiger partial charge is 0.349 e. The number of aryl methyl sites for hydroxylation is 3. The quantitative estimate of drug-likeness (QED) is 0.758. The van der Waals surface area contributed by atoms with Gasteiger partial charge in [0.05, 0.1) is 10.9 Å². The number of amides is 1. The second-order valence-electron chi connectivity index (χ2n) is 9.47. The van der Waals surface area contributed by atoms with Gasteiger partial charge >= 0.3 is 0 Å². The molecule has 1 unspecified atom stereocenters. The molecule has 1 amide bonds. The Labute approximate surface area is 191 Å². The zero-order valence-electron chi connectivity index (χ0n) is 18.6. The third-order valence-electron chi connectivity index (χ3n) is 7.47. The average molecular weight is 453 g/mol. The number of rotatable bonds is 4. The topological polar surface area (TPSA) is 66.5 Å². The van der Waals surface area contributed by atoms with E-state index >= 15 is 0 Å². The van der Waals surface area contributed by atoms with Crippen LogP contribution >= 0.6 is 0 Å². The zero-order valence-corrected chi connectivity index (χ0v) is 19.4. The second-order valence-corrected chi connectivity index (χ2v) is 11.4. The molecule has 5 rings (SSSR count). The van der Waals surface area contributed by atoms with Gasteiger partial charge in [0.25, 0.3) is 0 Å². The van der Waals surface area contributed by atoms with Crippen LogP contribution in [0.4, 0.5) is 0 Å². The maximum Gasteiger partial charge on any atom is 0.243 e. The van der Waals surface area contributed by atoms with E-state index in [0.717, 1.165) is 38.5 Å². The summed E-state index contributed by atoms with van der Waals surface area (Å²) in [4.78, 5) is 13.4. The van der Waals surface area contributed by atoms with E-state index in [0.29, 0.717) is 30.8 Å². The van der Waals surface area contributed by atoms with Gasteiger partial charge in [-0.2, -0.15) is 4.31 Å². The van der Waals surface area contributed by atoms with Crippen molar-refractivity contribution in [2.75, 3.05) is 13.1 Å². The summed E-state index contributed by atoms with van der Waals surface area (Å²) in [6.07, 6.45) is 8.58. The van der Waals surface area contributed by atoms with Gasteiger partial charge < -0.3 is 5.32 Å². The highest BCUT2D eigenvalue weighted by molar-refractivity contribution is 7.89. The number of carbonyl (C=O) groups is 1. The maximum atomic E-state index is 13.2. The van der Waals surface area contributed by atoms with Crippen LogP contribution in [0.25, 0.3) is 0 Å². The highest BCUT2D eigenvalue weighted by Gasteiger charge is 2.33. The predicted octanol–water partition coefficient (Wildman–Crippen LogP) is 4.16. The van der Waals surface area contributed by atoms with Gasteiger partial charge in [-0.05, 0) is 92.2 Å². The van der Waals surface area contributed by atoms with Crippen molar-refractivity contribution in [3.05, 3.63) is 64.7 Å². The van der Waals surface area contributed by atoms with E-state index in [1.54, 1.807) is 10.4 Å². The summed E-state index contributed by atoms with van der Waals surface area (Å²) < 4.78 is 28.0. The van der Waals surface area contributed by atoms with Crippen molar-refractivity contribution in [1.82, 2.24) is 9.62 Å². The molecule has 1 aliphatic heterocycles. The molecule has 1 heterocycles. The zero-order chi connectivity index (χ0) is 22.1. The van der Waals surface area contributed by atoms with E-state index in [1.165, 1.54) is 28.7 Å². The average Bonchev–Trinajstić information content (AvgIpc) is 2.84. The lowest BCUT2D eigenvalue weighted by Crippen LogP contribution is -2.44. The summed E-state index contributed by atoms with van der Waals surface area (Å²) in [5, 5.41) is 3.26.